The van der Waals surface area contributed by atoms with Gasteiger partial charge in [-0.2, -0.15) is 0 Å². The van der Waals surface area contributed by atoms with Gasteiger partial charge in [-0.1, -0.05) is 37.1 Å². The molecule has 0 aliphatic heterocycles. The fraction of sp³-hybridized carbons (Fsp3) is 0.440. The van der Waals surface area contributed by atoms with E-state index in [1.165, 1.54) is 25.5 Å². The van der Waals surface area contributed by atoms with Crippen molar-refractivity contribution in [1.29, 1.82) is 0 Å². The van der Waals surface area contributed by atoms with Crippen LogP contribution >= 0.6 is 0 Å². The summed E-state index contributed by atoms with van der Waals surface area (Å²) in [5.74, 6) is -0.462. The lowest BCUT2D eigenvalue weighted by molar-refractivity contribution is -0.131. The summed E-state index contributed by atoms with van der Waals surface area (Å²) in [6.07, 6.45) is 4.24. The summed E-state index contributed by atoms with van der Waals surface area (Å²) >= 11 is 0. The van der Waals surface area contributed by atoms with Crippen LogP contribution in [0.5, 0.6) is 11.5 Å². The van der Waals surface area contributed by atoms with E-state index >= 15 is 0 Å². The van der Waals surface area contributed by atoms with Crippen molar-refractivity contribution in [2.24, 2.45) is 5.92 Å². The number of carboxylic acid groups (broad SMARTS) is 1. The Morgan fingerprint density at radius 3 is 2.47 bits per heavy atom. The molecule has 0 amide bonds. The maximum atomic E-state index is 11.2. The number of rotatable bonds is 6. The molecule has 0 radical (unpaired) electrons. The van der Waals surface area contributed by atoms with Gasteiger partial charge in [0.25, 0.3) is 0 Å². The zero-order chi connectivity index (χ0) is 23.7. The number of aliphatic hydroxyl groups is 1. The Hall–Kier alpha value is -2.90. The van der Waals surface area contributed by atoms with Crippen molar-refractivity contribution >= 4 is 11.9 Å². The number of aromatic carboxylic acids is 1. The molecule has 3 rings (SSSR count). The molecule has 0 saturated heterocycles. The Balaban J connectivity index is 0.000000244. The zero-order valence-electron chi connectivity index (χ0n) is 19.2. The van der Waals surface area contributed by atoms with E-state index in [9.17, 15) is 14.7 Å². The first-order valence-electron chi connectivity index (χ1n) is 10.7. The van der Waals surface area contributed by atoms with E-state index in [0.717, 1.165) is 37.1 Å². The summed E-state index contributed by atoms with van der Waals surface area (Å²) in [7, 11) is 5.81. The van der Waals surface area contributed by atoms with E-state index in [1.807, 2.05) is 24.3 Å². The number of hydrogen-bond donors (Lipinski definition) is 2. The van der Waals surface area contributed by atoms with Crippen LogP contribution in [0.15, 0.2) is 48.5 Å². The van der Waals surface area contributed by atoms with Gasteiger partial charge in [0.2, 0.25) is 0 Å². The van der Waals surface area contributed by atoms with Crippen LogP contribution in [0.1, 0.15) is 48.5 Å². The molecule has 7 heteroatoms. The molecule has 2 atom stereocenters. The molecule has 1 saturated carbocycles. The van der Waals surface area contributed by atoms with E-state index in [1.54, 1.807) is 19.2 Å². The van der Waals surface area contributed by atoms with E-state index in [-0.39, 0.29) is 11.3 Å². The minimum absolute atomic E-state index is 0.0160. The molecule has 0 heterocycles. The number of hydrogen-bond acceptors (Lipinski definition) is 6. The van der Waals surface area contributed by atoms with Crippen LogP contribution in [0.25, 0.3) is 0 Å². The molecule has 0 bridgehead atoms. The number of carbonyl (C=O) groups excluding carboxylic acids is 1. The SMILES string of the molecule is CC(=O)Oc1ccccc1C(=O)O.COc1cccc([C@@]2(O)CCCC[C@@H]2CN(C)C)c1. The molecule has 0 spiro atoms. The summed E-state index contributed by atoms with van der Waals surface area (Å²) < 4.78 is 9.97. The highest BCUT2D eigenvalue weighted by Gasteiger charge is 2.40. The summed E-state index contributed by atoms with van der Waals surface area (Å²) in [4.78, 5) is 23.4. The van der Waals surface area contributed by atoms with E-state index in [0.29, 0.717) is 5.92 Å². The average molecular weight is 444 g/mol. The van der Waals surface area contributed by atoms with Gasteiger partial charge >= 0.3 is 11.9 Å². The first kappa shape index (κ1) is 25.4. The molecule has 1 aliphatic carbocycles. The number of esters is 1. The third-order valence-corrected chi connectivity index (χ3v) is 5.56. The van der Waals surface area contributed by atoms with Gasteiger partial charge in [0, 0.05) is 19.4 Å². The molecule has 1 aliphatic rings. The van der Waals surface area contributed by atoms with Gasteiger partial charge in [-0.05, 0) is 56.8 Å². The largest absolute Gasteiger partial charge is 0.497 e. The molecular formula is C25H33NO6. The average Bonchev–Trinajstić information content (AvgIpc) is 2.75. The second kappa shape index (κ2) is 11.6. The van der Waals surface area contributed by atoms with Gasteiger partial charge < -0.3 is 24.6 Å². The molecular weight excluding hydrogens is 410 g/mol. The molecule has 2 aromatic carbocycles. The molecule has 2 aromatic rings. The highest BCUT2D eigenvalue weighted by atomic mass is 16.5. The Bertz CT molecular complexity index is 913. The van der Waals surface area contributed by atoms with Crippen LogP contribution < -0.4 is 9.47 Å². The van der Waals surface area contributed by atoms with Crippen LogP contribution in [-0.2, 0) is 10.4 Å². The molecule has 0 unspecified atom stereocenters. The van der Waals surface area contributed by atoms with Crippen LogP contribution in [0.4, 0.5) is 0 Å². The second-order valence-corrected chi connectivity index (χ2v) is 8.26. The van der Waals surface area contributed by atoms with Gasteiger partial charge in [0.15, 0.2) is 0 Å². The smallest absolute Gasteiger partial charge is 0.339 e. The highest BCUT2D eigenvalue weighted by molar-refractivity contribution is 5.91. The van der Waals surface area contributed by atoms with Crippen LogP contribution in [0.3, 0.4) is 0 Å². The van der Waals surface area contributed by atoms with E-state index in [2.05, 4.69) is 23.7 Å². The zero-order valence-corrected chi connectivity index (χ0v) is 19.2. The van der Waals surface area contributed by atoms with Crippen molar-refractivity contribution in [1.82, 2.24) is 4.90 Å². The molecule has 32 heavy (non-hydrogen) atoms. The normalized spacial score (nSPS) is 20.1. The molecule has 174 valence electrons. The van der Waals surface area contributed by atoms with E-state index < -0.39 is 17.5 Å². The number of para-hydroxylation sites is 1. The first-order valence-corrected chi connectivity index (χ1v) is 10.7. The van der Waals surface area contributed by atoms with Gasteiger partial charge in [0.1, 0.15) is 17.1 Å². The maximum Gasteiger partial charge on any atom is 0.339 e. The van der Waals surface area contributed by atoms with Crippen molar-refractivity contribution in [2.75, 3.05) is 27.7 Å². The van der Waals surface area contributed by atoms with Gasteiger partial charge in [0.05, 0.1) is 12.7 Å². The Morgan fingerprint density at radius 1 is 1.12 bits per heavy atom. The fourth-order valence-electron chi connectivity index (χ4n) is 4.07. The van der Waals surface area contributed by atoms with Gasteiger partial charge in [-0.15, -0.1) is 0 Å². The molecule has 2 N–H and O–H groups in total. The first-order chi connectivity index (χ1) is 15.2. The molecule has 0 aromatic heterocycles. The standard InChI is InChI=1S/C16H25NO2.C9H8O4/c1-17(2)12-14-7-4-5-10-16(14,18)13-8-6-9-15(11-13)19-3;1-6(10)13-8-5-3-2-4-7(8)9(11)12/h6,8-9,11,14,18H,4-5,7,10,12H2,1-3H3;2-5H,1H3,(H,11,12)/t14-,16+;/m1./s1. The summed E-state index contributed by atoms with van der Waals surface area (Å²) in [6, 6.07) is 13.9. The topological polar surface area (TPSA) is 96.3 Å². The predicted molar refractivity (Wildman–Crippen MR) is 122 cm³/mol. The van der Waals surface area contributed by atoms with Gasteiger partial charge in [-0.25, -0.2) is 4.79 Å². The van der Waals surface area contributed by atoms with Crippen LogP contribution in [0, 0.1) is 5.92 Å². The number of carbonyl (C=O) groups is 2. The quantitative estimate of drug-likeness (QED) is 0.515. The van der Waals surface area contributed by atoms with E-state index in [4.69, 9.17) is 9.84 Å². The lowest BCUT2D eigenvalue weighted by Crippen LogP contribution is -2.43. The number of nitrogens with zero attached hydrogens (tertiary/aromatic N) is 1. The number of ether oxygens (including phenoxy) is 2. The Morgan fingerprint density at radius 2 is 1.84 bits per heavy atom. The Kier molecular flexibility index (Phi) is 9.23. The van der Waals surface area contributed by atoms with Crippen molar-refractivity contribution < 1.29 is 29.3 Å². The minimum atomic E-state index is -1.11. The monoisotopic (exact) mass is 443 g/mol. The van der Waals surface area contributed by atoms with Crippen LogP contribution in [0.2, 0.25) is 0 Å². The molecule has 1 fully saturated rings. The Labute approximate surface area is 189 Å². The summed E-state index contributed by atoms with van der Waals surface area (Å²) in [5.41, 5.74) is 0.271. The highest BCUT2D eigenvalue weighted by Crippen LogP contribution is 2.42. The lowest BCUT2D eigenvalue weighted by Gasteiger charge is -2.41. The lowest BCUT2D eigenvalue weighted by atomic mass is 9.71. The molecule has 7 nitrogen and oxygen atoms in total. The number of carboxylic acids is 1. The fourth-order valence-corrected chi connectivity index (χ4v) is 4.07. The predicted octanol–water partition coefficient (Wildman–Crippen LogP) is 3.94. The number of benzene rings is 2. The van der Waals surface area contributed by atoms with Crippen molar-refractivity contribution in [3.8, 4) is 11.5 Å². The summed E-state index contributed by atoms with van der Waals surface area (Å²) in [6.45, 7) is 2.15. The van der Waals surface area contributed by atoms with Crippen LogP contribution in [-0.4, -0.2) is 54.8 Å². The maximum absolute atomic E-state index is 11.2. The second-order valence-electron chi connectivity index (χ2n) is 8.26. The minimum Gasteiger partial charge on any atom is -0.497 e. The number of methoxy groups -OCH3 is 1. The third kappa shape index (κ3) is 6.80. The third-order valence-electron chi connectivity index (χ3n) is 5.56. The van der Waals surface area contributed by atoms with Crippen molar-refractivity contribution in [3.05, 3.63) is 59.7 Å². The van der Waals surface area contributed by atoms with Crippen molar-refractivity contribution in [3.63, 3.8) is 0 Å². The summed E-state index contributed by atoms with van der Waals surface area (Å²) in [5, 5.41) is 19.9. The van der Waals surface area contributed by atoms with Gasteiger partial charge in [-0.3, -0.25) is 4.79 Å². The van der Waals surface area contributed by atoms with Crippen molar-refractivity contribution in [2.45, 2.75) is 38.2 Å².